The minimum absolute atomic E-state index is 0.374. The highest BCUT2D eigenvalue weighted by atomic mass is 35.5. The van der Waals surface area contributed by atoms with Crippen molar-refractivity contribution in [3.8, 4) is 0 Å². The Hall–Kier alpha value is -1.60. The summed E-state index contributed by atoms with van der Waals surface area (Å²) < 4.78 is 4.10. The average molecular weight is 294 g/mol. The number of aliphatic carboxylic acids is 1. The lowest BCUT2D eigenvalue weighted by atomic mass is 10.00. The van der Waals surface area contributed by atoms with E-state index in [1.807, 2.05) is 6.92 Å². The van der Waals surface area contributed by atoms with Crippen molar-refractivity contribution in [1.29, 1.82) is 0 Å². The molecule has 0 aliphatic rings. The SMILES string of the molecule is C/C=C/C[C@](C)(N)C(=O)O.CCl.Cc1noc(=O)[nH]1. The van der Waals surface area contributed by atoms with Crippen LogP contribution in [0.5, 0.6) is 0 Å². The van der Waals surface area contributed by atoms with Gasteiger partial charge in [-0.1, -0.05) is 17.3 Å². The van der Waals surface area contributed by atoms with E-state index in [-0.39, 0.29) is 0 Å². The Kier molecular flexibility index (Phi) is 10.7. The molecule has 0 aliphatic carbocycles. The standard InChI is InChI=1S/C7H13NO2.C3H4N2O2.CH3Cl/c1-3-4-5-7(2,8)6(9)10;1-2-4-3(6)7-5-2;1-2/h3-4H,5,8H2,1-2H3,(H,9,10);1H3,(H,4,5,6);1H3/b4-3+;;/t7-;;/m0../s1. The van der Waals surface area contributed by atoms with Gasteiger partial charge in [0.05, 0.1) is 0 Å². The summed E-state index contributed by atoms with van der Waals surface area (Å²) in [4.78, 5) is 22.7. The second-order valence-electron chi connectivity index (χ2n) is 3.68. The highest BCUT2D eigenvalue weighted by Crippen LogP contribution is 2.05. The van der Waals surface area contributed by atoms with E-state index in [4.69, 9.17) is 10.8 Å². The second kappa shape index (κ2) is 10.3. The van der Waals surface area contributed by atoms with Crippen molar-refractivity contribution in [3.05, 3.63) is 28.5 Å². The van der Waals surface area contributed by atoms with E-state index in [0.29, 0.717) is 12.2 Å². The van der Waals surface area contributed by atoms with Gasteiger partial charge in [-0.05, 0) is 27.2 Å². The number of carboxylic acid groups (broad SMARTS) is 1. The maximum Gasteiger partial charge on any atom is 0.438 e. The molecule has 4 N–H and O–H groups in total. The Morgan fingerprint density at radius 1 is 1.63 bits per heavy atom. The van der Waals surface area contributed by atoms with E-state index < -0.39 is 17.3 Å². The van der Waals surface area contributed by atoms with Gasteiger partial charge in [-0.3, -0.25) is 14.3 Å². The average Bonchev–Trinajstić information content (AvgIpc) is 2.74. The number of hydrogen-bond donors (Lipinski definition) is 3. The zero-order valence-electron chi connectivity index (χ0n) is 11.4. The number of carboxylic acids is 1. The minimum Gasteiger partial charge on any atom is -0.480 e. The van der Waals surface area contributed by atoms with Crippen molar-refractivity contribution in [2.45, 2.75) is 32.7 Å². The van der Waals surface area contributed by atoms with E-state index >= 15 is 0 Å². The van der Waals surface area contributed by atoms with Crippen LogP contribution >= 0.6 is 11.6 Å². The third kappa shape index (κ3) is 10.0. The largest absolute Gasteiger partial charge is 0.480 e. The molecular weight excluding hydrogens is 274 g/mol. The monoisotopic (exact) mass is 293 g/mol. The molecule has 1 aromatic heterocycles. The van der Waals surface area contributed by atoms with Crippen LogP contribution in [0.2, 0.25) is 0 Å². The van der Waals surface area contributed by atoms with Crippen molar-refractivity contribution in [3.63, 3.8) is 0 Å². The van der Waals surface area contributed by atoms with Crippen LogP contribution in [-0.2, 0) is 4.79 Å². The van der Waals surface area contributed by atoms with Crippen LogP contribution in [0.15, 0.2) is 21.5 Å². The smallest absolute Gasteiger partial charge is 0.438 e. The fraction of sp³-hybridized carbons (Fsp3) is 0.545. The van der Waals surface area contributed by atoms with Crippen LogP contribution in [0, 0.1) is 6.92 Å². The molecule has 7 nitrogen and oxygen atoms in total. The Morgan fingerprint density at radius 3 is 2.37 bits per heavy atom. The normalized spacial score (nSPS) is 12.7. The molecule has 1 aromatic rings. The van der Waals surface area contributed by atoms with Gasteiger partial charge >= 0.3 is 11.7 Å². The zero-order valence-corrected chi connectivity index (χ0v) is 12.2. The zero-order chi connectivity index (χ0) is 15.5. The van der Waals surface area contributed by atoms with E-state index in [2.05, 4.69) is 26.3 Å². The molecule has 1 rings (SSSR count). The second-order valence-corrected chi connectivity index (χ2v) is 3.68. The summed E-state index contributed by atoms with van der Waals surface area (Å²) in [5.41, 5.74) is 4.28. The molecule has 0 aromatic carbocycles. The first-order valence-corrected chi connectivity index (χ1v) is 6.09. The highest BCUT2D eigenvalue weighted by molar-refractivity contribution is 6.15. The van der Waals surface area contributed by atoms with Gasteiger partial charge in [0.1, 0.15) is 11.4 Å². The van der Waals surface area contributed by atoms with Gasteiger partial charge in [-0.2, -0.15) is 0 Å². The number of carbonyl (C=O) groups is 1. The molecule has 0 saturated carbocycles. The fourth-order valence-electron chi connectivity index (χ4n) is 0.753. The Morgan fingerprint density at radius 2 is 2.16 bits per heavy atom. The Bertz CT molecular complexity index is 437. The summed E-state index contributed by atoms with van der Waals surface area (Å²) in [6.07, 6.45) is 5.38. The first-order chi connectivity index (χ1) is 8.79. The molecule has 0 fully saturated rings. The van der Waals surface area contributed by atoms with Gasteiger partial charge in [0, 0.05) is 6.38 Å². The lowest BCUT2D eigenvalue weighted by molar-refractivity contribution is -0.142. The topological polar surface area (TPSA) is 122 Å². The molecule has 19 heavy (non-hydrogen) atoms. The van der Waals surface area contributed by atoms with Crippen LogP contribution in [0.3, 0.4) is 0 Å². The van der Waals surface area contributed by atoms with Crippen LogP contribution in [0.4, 0.5) is 0 Å². The summed E-state index contributed by atoms with van der Waals surface area (Å²) in [5, 5.41) is 11.8. The maximum absolute atomic E-state index is 10.4. The van der Waals surface area contributed by atoms with Crippen molar-refractivity contribution in [2.24, 2.45) is 5.73 Å². The fourth-order valence-corrected chi connectivity index (χ4v) is 0.753. The number of nitrogens with two attached hydrogens (primary N) is 1. The number of alkyl halides is 1. The lowest BCUT2D eigenvalue weighted by Crippen LogP contribution is -2.44. The van der Waals surface area contributed by atoms with Crippen LogP contribution in [0.1, 0.15) is 26.1 Å². The van der Waals surface area contributed by atoms with Gasteiger partial charge in [-0.15, -0.1) is 11.6 Å². The van der Waals surface area contributed by atoms with Crippen LogP contribution < -0.4 is 11.5 Å². The minimum atomic E-state index is -1.12. The predicted molar refractivity (Wildman–Crippen MR) is 73.3 cm³/mol. The first-order valence-electron chi connectivity index (χ1n) is 5.33. The summed E-state index contributed by atoms with van der Waals surface area (Å²) in [5.74, 6) is -0.965. The quantitative estimate of drug-likeness (QED) is 0.570. The van der Waals surface area contributed by atoms with E-state index in [0.717, 1.165) is 0 Å². The molecule has 0 unspecified atom stereocenters. The predicted octanol–water partition coefficient (Wildman–Crippen LogP) is 1.28. The van der Waals surface area contributed by atoms with E-state index in [1.54, 1.807) is 19.1 Å². The molecule has 8 heteroatoms. The van der Waals surface area contributed by atoms with E-state index in [9.17, 15) is 9.59 Å². The van der Waals surface area contributed by atoms with Gasteiger partial charge in [0.2, 0.25) is 0 Å². The molecule has 0 radical (unpaired) electrons. The number of nitrogens with zero attached hydrogens (tertiary/aromatic N) is 1. The summed E-state index contributed by atoms with van der Waals surface area (Å²) in [6.45, 7) is 4.97. The van der Waals surface area contributed by atoms with Crippen molar-refractivity contribution < 1.29 is 14.4 Å². The van der Waals surface area contributed by atoms with Gasteiger partial charge in [-0.25, -0.2) is 4.79 Å². The van der Waals surface area contributed by atoms with Gasteiger partial charge < -0.3 is 10.8 Å². The Labute approximate surface area is 116 Å². The number of aryl methyl sites for hydroxylation is 1. The number of allylic oxidation sites excluding steroid dienone is 1. The lowest BCUT2D eigenvalue weighted by Gasteiger charge is -2.15. The number of rotatable bonds is 3. The molecule has 0 amide bonds. The molecule has 0 aliphatic heterocycles. The van der Waals surface area contributed by atoms with Gasteiger partial charge in [0.25, 0.3) is 0 Å². The number of halogens is 1. The third-order valence-corrected chi connectivity index (χ3v) is 1.81. The maximum atomic E-state index is 10.4. The summed E-state index contributed by atoms with van der Waals surface area (Å²) in [6, 6.07) is 0. The number of aromatic nitrogens is 2. The van der Waals surface area contributed by atoms with E-state index in [1.165, 1.54) is 13.3 Å². The number of hydrogen-bond acceptors (Lipinski definition) is 5. The molecule has 0 saturated heterocycles. The highest BCUT2D eigenvalue weighted by Gasteiger charge is 2.25. The van der Waals surface area contributed by atoms with Crippen molar-refractivity contribution >= 4 is 17.6 Å². The first kappa shape index (κ1) is 19.7. The van der Waals surface area contributed by atoms with Crippen molar-refractivity contribution in [1.82, 2.24) is 10.1 Å². The van der Waals surface area contributed by atoms with Gasteiger partial charge in [0.15, 0.2) is 0 Å². The number of H-pyrrole nitrogens is 1. The van der Waals surface area contributed by atoms with Crippen LogP contribution in [-0.4, -0.2) is 33.1 Å². The van der Waals surface area contributed by atoms with Crippen molar-refractivity contribution in [2.75, 3.05) is 6.38 Å². The summed E-state index contributed by atoms with van der Waals surface area (Å²) in [7, 11) is 0. The number of aromatic amines is 1. The molecule has 110 valence electrons. The molecular formula is C11H20ClN3O4. The summed E-state index contributed by atoms with van der Waals surface area (Å²) >= 11 is 4.64. The third-order valence-electron chi connectivity index (χ3n) is 1.81. The molecule has 1 heterocycles. The Balaban J connectivity index is 0. The molecule has 0 bridgehead atoms. The van der Waals surface area contributed by atoms with Crippen LogP contribution in [0.25, 0.3) is 0 Å². The molecule has 0 spiro atoms. The number of nitrogens with one attached hydrogen (secondary N) is 1. The molecule has 1 atom stereocenters.